The number of urea groups is 1. The lowest BCUT2D eigenvalue weighted by atomic mass is 10.2. The Morgan fingerprint density at radius 3 is 2.18 bits per heavy atom. The van der Waals surface area contributed by atoms with Gasteiger partial charge in [0.25, 0.3) is 5.91 Å². The van der Waals surface area contributed by atoms with Gasteiger partial charge in [-0.05, 0) is 49.6 Å². The molecule has 3 amide bonds. The summed E-state index contributed by atoms with van der Waals surface area (Å²) < 4.78 is 27.9. The van der Waals surface area contributed by atoms with Crippen LogP contribution in [0.5, 0.6) is 0 Å². The molecule has 0 unspecified atom stereocenters. The van der Waals surface area contributed by atoms with Crippen molar-refractivity contribution in [1.29, 1.82) is 0 Å². The second-order valence-corrected chi connectivity index (χ2v) is 10.4. The van der Waals surface area contributed by atoms with E-state index in [0.717, 1.165) is 30.5 Å². The zero-order valence-corrected chi connectivity index (χ0v) is 19.7. The van der Waals surface area contributed by atoms with Gasteiger partial charge >= 0.3 is 6.03 Å². The quantitative estimate of drug-likeness (QED) is 0.743. The molecule has 0 aliphatic carbocycles. The summed E-state index contributed by atoms with van der Waals surface area (Å²) in [5, 5.41) is 2.89. The van der Waals surface area contributed by atoms with E-state index in [1.54, 1.807) is 28.0 Å². The van der Waals surface area contributed by atoms with Crippen LogP contribution in [0.25, 0.3) is 0 Å². The average molecular weight is 471 g/mol. The van der Waals surface area contributed by atoms with E-state index in [-0.39, 0.29) is 22.4 Å². The van der Waals surface area contributed by atoms with Gasteiger partial charge in [0.2, 0.25) is 10.0 Å². The molecule has 1 N–H and O–H groups in total. The van der Waals surface area contributed by atoms with Crippen LogP contribution in [0.2, 0.25) is 0 Å². The molecule has 0 atom stereocenters. The van der Waals surface area contributed by atoms with E-state index in [1.807, 2.05) is 31.2 Å². The minimum absolute atomic E-state index is 0.0662. The van der Waals surface area contributed by atoms with E-state index in [0.29, 0.717) is 39.3 Å². The number of hydrogen-bond donors (Lipinski definition) is 1. The highest BCUT2D eigenvalue weighted by Crippen LogP contribution is 2.25. The van der Waals surface area contributed by atoms with Crippen molar-refractivity contribution in [3.05, 3.63) is 59.7 Å². The molecule has 0 aromatic heterocycles. The summed E-state index contributed by atoms with van der Waals surface area (Å²) >= 11 is 0. The fraction of sp³-hybridized carbons (Fsp3) is 0.417. The van der Waals surface area contributed by atoms with Crippen LogP contribution in [0.3, 0.4) is 0 Å². The maximum Gasteiger partial charge on any atom is 0.321 e. The van der Waals surface area contributed by atoms with Crippen LogP contribution in [0.15, 0.2) is 53.4 Å². The lowest BCUT2D eigenvalue weighted by molar-refractivity contribution is 0.0667. The number of rotatable bonds is 4. The number of piperazine rings is 1. The molecule has 2 fully saturated rings. The van der Waals surface area contributed by atoms with Gasteiger partial charge < -0.3 is 15.1 Å². The Hall–Kier alpha value is -2.91. The molecule has 2 aliphatic rings. The van der Waals surface area contributed by atoms with Gasteiger partial charge in [-0.15, -0.1) is 0 Å². The van der Waals surface area contributed by atoms with E-state index >= 15 is 0 Å². The van der Waals surface area contributed by atoms with Crippen molar-refractivity contribution in [3.8, 4) is 0 Å². The normalized spacial score (nSPS) is 17.6. The molecule has 2 saturated heterocycles. The Bertz CT molecular complexity index is 1120. The molecule has 2 heterocycles. The van der Waals surface area contributed by atoms with Gasteiger partial charge in [0.15, 0.2) is 0 Å². The molecular weight excluding hydrogens is 440 g/mol. The number of benzene rings is 2. The summed E-state index contributed by atoms with van der Waals surface area (Å²) in [7, 11) is -3.73. The topological polar surface area (TPSA) is 90.0 Å². The molecule has 0 radical (unpaired) electrons. The number of amides is 3. The van der Waals surface area contributed by atoms with Crippen LogP contribution < -0.4 is 5.32 Å². The number of hydrogen-bond acceptors (Lipinski definition) is 4. The number of carbonyl (C=O) groups excluding carboxylic acids is 2. The van der Waals surface area contributed by atoms with Crippen molar-refractivity contribution in [2.24, 2.45) is 0 Å². The predicted molar refractivity (Wildman–Crippen MR) is 127 cm³/mol. The molecular formula is C24H30N4O4S. The minimum Gasteiger partial charge on any atom is -0.335 e. The molecule has 176 valence electrons. The second kappa shape index (κ2) is 9.93. The number of sulfonamides is 1. The van der Waals surface area contributed by atoms with Gasteiger partial charge in [-0.2, -0.15) is 4.31 Å². The van der Waals surface area contributed by atoms with Gasteiger partial charge in [-0.3, -0.25) is 4.79 Å². The third-order valence-corrected chi connectivity index (χ3v) is 8.13. The maximum absolute atomic E-state index is 13.3. The SMILES string of the molecule is Cc1cccc(NC(=O)N2CCN(C(=O)c3ccccc3S(=O)(=O)N3CCCCC3)CC2)c1. The monoisotopic (exact) mass is 470 g/mol. The maximum atomic E-state index is 13.3. The largest absolute Gasteiger partial charge is 0.335 e. The van der Waals surface area contributed by atoms with E-state index < -0.39 is 10.0 Å². The Kier molecular flexibility index (Phi) is 6.99. The summed E-state index contributed by atoms with van der Waals surface area (Å²) in [6.45, 7) is 4.38. The summed E-state index contributed by atoms with van der Waals surface area (Å²) in [5.74, 6) is -0.315. The first-order chi connectivity index (χ1) is 15.9. The van der Waals surface area contributed by atoms with Crippen molar-refractivity contribution >= 4 is 27.6 Å². The van der Waals surface area contributed by atoms with Crippen molar-refractivity contribution in [2.45, 2.75) is 31.1 Å². The van der Waals surface area contributed by atoms with Crippen molar-refractivity contribution in [3.63, 3.8) is 0 Å². The lowest BCUT2D eigenvalue weighted by Gasteiger charge is -2.35. The molecule has 2 aromatic rings. The minimum atomic E-state index is -3.73. The van der Waals surface area contributed by atoms with Crippen LogP contribution in [0.4, 0.5) is 10.5 Å². The fourth-order valence-electron chi connectivity index (χ4n) is 4.32. The molecule has 0 bridgehead atoms. The Labute approximate surface area is 195 Å². The van der Waals surface area contributed by atoms with Gasteiger partial charge in [0, 0.05) is 45.0 Å². The molecule has 0 spiro atoms. The summed E-state index contributed by atoms with van der Waals surface area (Å²) in [6.07, 6.45) is 2.69. The highest BCUT2D eigenvalue weighted by atomic mass is 32.2. The van der Waals surface area contributed by atoms with E-state index in [1.165, 1.54) is 10.4 Å². The van der Waals surface area contributed by atoms with Crippen molar-refractivity contribution in [1.82, 2.24) is 14.1 Å². The van der Waals surface area contributed by atoms with Crippen LogP contribution >= 0.6 is 0 Å². The van der Waals surface area contributed by atoms with Gasteiger partial charge in [0.1, 0.15) is 0 Å². The molecule has 0 saturated carbocycles. The van der Waals surface area contributed by atoms with Gasteiger partial charge in [0.05, 0.1) is 10.5 Å². The van der Waals surface area contributed by atoms with E-state index in [9.17, 15) is 18.0 Å². The van der Waals surface area contributed by atoms with Crippen molar-refractivity contribution in [2.75, 3.05) is 44.6 Å². The lowest BCUT2D eigenvalue weighted by Crippen LogP contribution is -2.52. The standard InChI is InChI=1S/C24H30N4O4S/c1-19-8-7-9-20(18-19)25-24(30)27-16-14-26(15-17-27)23(29)21-10-3-4-11-22(21)33(31,32)28-12-5-2-6-13-28/h3-4,7-11,18H,2,5-6,12-17H2,1H3,(H,25,30). The third-order valence-electron chi connectivity index (χ3n) is 6.17. The molecule has 33 heavy (non-hydrogen) atoms. The van der Waals surface area contributed by atoms with Crippen molar-refractivity contribution < 1.29 is 18.0 Å². The number of nitrogens with zero attached hydrogens (tertiary/aromatic N) is 3. The Balaban J connectivity index is 1.42. The molecule has 9 heteroatoms. The number of nitrogens with one attached hydrogen (secondary N) is 1. The number of carbonyl (C=O) groups is 2. The first-order valence-electron chi connectivity index (χ1n) is 11.4. The van der Waals surface area contributed by atoms with E-state index in [4.69, 9.17) is 0 Å². The Morgan fingerprint density at radius 1 is 0.818 bits per heavy atom. The van der Waals surface area contributed by atoms with Gasteiger partial charge in [-0.25, -0.2) is 13.2 Å². The van der Waals surface area contributed by atoms with Crippen LogP contribution in [0.1, 0.15) is 35.2 Å². The highest BCUT2D eigenvalue weighted by Gasteiger charge is 2.32. The zero-order valence-electron chi connectivity index (χ0n) is 18.9. The van der Waals surface area contributed by atoms with Crippen LogP contribution in [-0.4, -0.2) is 73.7 Å². The average Bonchev–Trinajstić information content (AvgIpc) is 2.84. The summed E-state index contributed by atoms with van der Waals surface area (Å²) in [6, 6.07) is 13.8. The van der Waals surface area contributed by atoms with E-state index in [2.05, 4.69) is 5.32 Å². The van der Waals surface area contributed by atoms with Gasteiger partial charge in [-0.1, -0.05) is 30.7 Å². The smallest absolute Gasteiger partial charge is 0.321 e. The number of piperidine rings is 1. The fourth-order valence-corrected chi connectivity index (χ4v) is 6.02. The molecule has 2 aliphatic heterocycles. The predicted octanol–water partition coefficient (Wildman–Crippen LogP) is 3.16. The first-order valence-corrected chi connectivity index (χ1v) is 12.8. The molecule has 8 nitrogen and oxygen atoms in total. The molecule has 2 aromatic carbocycles. The second-order valence-electron chi connectivity index (χ2n) is 8.54. The first kappa shape index (κ1) is 23.3. The Morgan fingerprint density at radius 2 is 1.48 bits per heavy atom. The van der Waals surface area contributed by atoms with Crippen LogP contribution in [0, 0.1) is 6.92 Å². The number of anilines is 1. The zero-order chi connectivity index (χ0) is 23.4. The third kappa shape index (κ3) is 5.20. The number of aryl methyl sites for hydroxylation is 1. The summed E-state index contributed by atoms with van der Waals surface area (Å²) in [4.78, 5) is 29.3. The molecule has 4 rings (SSSR count). The van der Waals surface area contributed by atoms with Crippen LogP contribution in [-0.2, 0) is 10.0 Å². The highest BCUT2D eigenvalue weighted by molar-refractivity contribution is 7.89. The summed E-state index contributed by atoms with van der Waals surface area (Å²) in [5.41, 5.74) is 1.98.